The summed E-state index contributed by atoms with van der Waals surface area (Å²) in [6.45, 7) is 3.53. The number of aromatic nitrogens is 1. The molecule has 1 heterocycles. The lowest BCUT2D eigenvalue weighted by molar-refractivity contribution is 0.0365. The van der Waals surface area contributed by atoms with Crippen LogP contribution >= 0.6 is 11.3 Å². The highest BCUT2D eigenvalue weighted by Crippen LogP contribution is 2.17. The zero-order chi connectivity index (χ0) is 16.3. The van der Waals surface area contributed by atoms with E-state index in [0.29, 0.717) is 12.1 Å². The molecule has 0 atom stereocenters. The largest absolute Gasteiger partial charge is 0.389 e. The monoisotopic (exact) mass is 322 g/mol. The molecule has 0 unspecified atom stereocenters. The van der Waals surface area contributed by atoms with Crippen molar-refractivity contribution < 1.29 is 14.3 Å². The van der Waals surface area contributed by atoms with Crippen LogP contribution in [0.1, 0.15) is 34.9 Å². The molecular weight excluding hydrogens is 303 g/mol. The highest BCUT2D eigenvalue weighted by atomic mass is 32.1. The summed E-state index contributed by atoms with van der Waals surface area (Å²) < 4.78 is 12.9. The van der Waals surface area contributed by atoms with E-state index in [1.54, 1.807) is 38.4 Å². The molecule has 4 nitrogen and oxygen atoms in total. The van der Waals surface area contributed by atoms with Gasteiger partial charge in [0.2, 0.25) is 0 Å². The minimum Gasteiger partial charge on any atom is -0.389 e. The van der Waals surface area contributed by atoms with E-state index in [4.69, 9.17) is 0 Å². The zero-order valence-electron chi connectivity index (χ0n) is 12.8. The second-order valence-electron chi connectivity index (χ2n) is 5.90. The zero-order valence-corrected chi connectivity index (χ0v) is 13.7. The Morgan fingerprint density at radius 3 is 2.59 bits per heavy atom. The van der Waals surface area contributed by atoms with Gasteiger partial charge in [-0.3, -0.25) is 4.79 Å². The summed E-state index contributed by atoms with van der Waals surface area (Å²) in [6.07, 6.45) is 0.563. The number of amides is 1. The molecule has 0 saturated heterocycles. The minimum absolute atomic E-state index is 0.219. The Balaban J connectivity index is 2.04. The van der Waals surface area contributed by atoms with E-state index in [2.05, 4.69) is 4.98 Å². The molecule has 0 radical (unpaired) electrons. The fourth-order valence-corrected chi connectivity index (χ4v) is 2.92. The number of hydrogen-bond donors (Lipinski definition) is 1. The molecule has 0 bridgehead atoms. The first-order chi connectivity index (χ1) is 10.2. The van der Waals surface area contributed by atoms with Gasteiger partial charge in [0, 0.05) is 25.4 Å². The van der Waals surface area contributed by atoms with Crippen molar-refractivity contribution in [1.29, 1.82) is 0 Å². The van der Waals surface area contributed by atoms with Gasteiger partial charge >= 0.3 is 0 Å². The Hall–Kier alpha value is -1.79. The smallest absolute Gasteiger partial charge is 0.273 e. The van der Waals surface area contributed by atoms with Gasteiger partial charge < -0.3 is 10.0 Å². The van der Waals surface area contributed by atoms with Gasteiger partial charge in [0.25, 0.3) is 5.91 Å². The summed E-state index contributed by atoms with van der Waals surface area (Å²) in [4.78, 5) is 18.0. The third-order valence-corrected chi connectivity index (χ3v) is 3.86. The van der Waals surface area contributed by atoms with Gasteiger partial charge in [-0.2, -0.15) is 0 Å². The molecule has 118 valence electrons. The summed E-state index contributed by atoms with van der Waals surface area (Å²) in [5.74, 6) is -0.490. The first kappa shape index (κ1) is 16.6. The normalized spacial score (nSPS) is 11.5. The fraction of sp³-hybridized carbons (Fsp3) is 0.375. The number of hydrogen-bond acceptors (Lipinski definition) is 4. The van der Waals surface area contributed by atoms with E-state index >= 15 is 0 Å². The number of rotatable bonds is 5. The highest BCUT2D eigenvalue weighted by Gasteiger charge is 2.22. The Kier molecular flexibility index (Phi) is 4.93. The predicted octanol–water partition coefficient (Wildman–Crippen LogP) is 2.72. The maximum absolute atomic E-state index is 12.9. The van der Waals surface area contributed by atoms with Crippen LogP contribution in [0.3, 0.4) is 0 Å². The highest BCUT2D eigenvalue weighted by molar-refractivity contribution is 7.09. The van der Waals surface area contributed by atoms with E-state index in [9.17, 15) is 14.3 Å². The van der Waals surface area contributed by atoms with E-state index in [1.165, 1.54) is 28.4 Å². The van der Waals surface area contributed by atoms with Gasteiger partial charge in [-0.15, -0.1) is 11.3 Å². The summed E-state index contributed by atoms with van der Waals surface area (Å²) in [7, 11) is 1.64. The number of carbonyl (C=O) groups excluding carboxylic acids is 1. The van der Waals surface area contributed by atoms with Crippen LogP contribution in [-0.2, 0) is 6.42 Å². The van der Waals surface area contributed by atoms with Crippen molar-refractivity contribution in [2.24, 2.45) is 0 Å². The molecule has 22 heavy (non-hydrogen) atoms. The van der Waals surface area contributed by atoms with Crippen LogP contribution in [0.15, 0.2) is 29.6 Å². The lowest BCUT2D eigenvalue weighted by Crippen LogP contribution is -2.39. The van der Waals surface area contributed by atoms with Gasteiger partial charge in [-0.1, -0.05) is 12.1 Å². The van der Waals surface area contributed by atoms with Crippen molar-refractivity contribution in [2.45, 2.75) is 25.9 Å². The number of carbonyl (C=O) groups is 1. The fourth-order valence-electron chi connectivity index (χ4n) is 2.11. The molecule has 0 aliphatic heterocycles. The third kappa shape index (κ3) is 4.61. The number of halogens is 1. The molecule has 0 saturated carbocycles. The Labute approximate surface area is 133 Å². The number of likely N-dealkylation sites (N-methyl/N-ethyl adjacent to an activating group) is 1. The van der Waals surface area contributed by atoms with Crippen LogP contribution in [0, 0.1) is 5.82 Å². The maximum Gasteiger partial charge on any atom is 0.273 e. The number of benzene rings is 1. The molecule has 0 aliphatic rings. The van der Waals surface area contributed by atoms with Crippen LogP contribution in [-0.4, -0.2) is 40.1 Å². The van der Waals surface area contributed by atoms with Crippen LogP contribution in [0.25, 0.3) is 0 Å². The average Bonchev–Trinajstić information content (AvgIpc) is 2.87. The molecule has 1 amide bonds. The third-order valence-electron chi connectivity index (χ3n) is 3.01. The van der Waals surface area contributed by atoms with E-state index in [0.717, 1.165) is 10.6 Å². The number of aliphatic hydroxyl groups is 1. The lowest BCUT2D eigenvalue weighted by Gasteiger charge is -2.24. The van der Waals surface area contributed by atoms with Gasteiger partial charge in [-0.05, 0) is 31.5 Å². The summed E-state index contributed by atoms with van der Waals surface area (Å²) in [6, 6.07) is 6.23. The van der Waals surface area contributed by atoms with Crippen LogP contribution in [0.5, 0.6) is 0 Å². The van der Waals surface area contributed by atoms with E-state index in [-0.39, 0.29) is 18.3 Å². The van der Waals surface area contributed by atoms with Gasteiger partial charge in [0.1, 0.15) is 11.5 Å². The second kappa shape index (κ2) is 6.54. The lowest BCUT2D eigenvalue weighted by atomic mass is 10.1. The Bertz CT molecular complexity index is 647. The van der Waals surface area contributed by atoms with Crippen molar-refractivity contribution >= 4 is 17.2 Å². The summed E-state index contributed by atoms with van der Waals surface area (Å²) >= 11 is 1.40. The van der Waals surface area contributed by atoms with Crippen LogP contribution in [0.2, 0.25) is 0 Å². The van der Waals surface area contributed by atoms with E-state index in [1.807, 2.05) is 0 Å². The molecule has 2 aromatic rings. The van der Waals surface area contributed by atoms with Crippen molar-refractivity contribution in [3.63, 3.8) is 0 Å². The first-order valence-electron chi connectivity index (χ1n) is 6.91. The summed E-state index contributed by atoms with van der Waals surface area (Å²) in [5, 5.41) is 12.3. The summed E-state index contributed by atoms with van der Waals surface area (Å²) in [5.41, 5.74) is 0.366. The first-order valence-corrected chi connectivity index (χ1v) is 7.79. The molecule has 0 aliphatic carbocycles. The van der Waals surface area contributed by atoms with Gasteiger partial charge in [-0.25, -0.2) is 9.37 Å². The standard InChI is InChI=1S/C16H19FN2O2S/c1-16(2,21)10-19(3)15(20)13-9-22-14(18-13)8-11-4-6-12(17)7-5-11/h4-7,9,21H,8,10H2,1-3H3. The topological polar surface area (TPSA) is 53.4 Å². The van der Waals surface area contributed by atoms with Crippen molar-refractivity contribution in [1.82, 2.24) is 9.88 Å². The molecule has 0 fully saturated rings. The molecule has 1 aromatic carbocycles. The van der Waals surface area contributed by atoms with Gasteiger partial charge in [0.15, 0.2) is 0 Å². The SMILES string of the molecule is CN(CC(C)(C)O)C(=O)c1csc(Cc2ccc(F)cc2)n1. The maximum atomic E-state index is 12.9. The van der Waals surface area contributed by atoms with Crippen LogP contribution in [0.4, 0.5) is 4.39 Å². The number of nitrogens with zero attached hydrogens (tertiary/aromatic N) is 2. The molecule has 2 rings (SSSR count). The van der Waals surface area contributed by atoms with Gasteiger partial charge in [0.05, 0.1) is 10.6 Å². The minimum atomic E-state index is -0.947. The average molecular weight is 322 g/mol. The Morgan fingerprint density at radius 1 is 1.36 bits per heavy atom. The van der Waals surface area contributed by atoms with Crippen LogP contribution < -0.4 is 0 Å². The van der Waals surface area contributed by atoms with Crippen molar-refractivity contribution in [2.75, 3.05) is 13.6 Å². The Morgan fingerprint density at radius 2 is 2.00 bits per heavy atom. The molecule has 1 N–H and O–H groups in total. The van der Waals surface area contributed by atoms with Crippen molar-refractivity contribution in [3.05, 3.63) is 51.7 Å². The molecular formula is C16H19FN2O2S. The molecule has 1 aromatic heterocycles. The predicted molar refractivity (Wildman–Crippen MR) is 84.6 cm³/mol. The molecule has 0 spiro atoms. The van der Waals surface area contributed by atoms with Crippen molar-refractivity contribution in [3.8, 4) is 0 Å². The second-order valence-corrected chi connectivity index (χ2v) is 6.85. The van der Waals surface area contributed by atoms with E-state index < -0.39 is 5.60 Å². The number of thiazole rings is 1. The molecule has 6 heteroatoms. The quantitative estimate of drug-likeness (QED) is 0.921.